The van der Waals surface area contributed by atoms with Crippen LogP contribution in [0.4, 0.5) is 5.69 Å². The molecule has 19 heavy (non-hydrogen) atoms. The van der Waals surface area contributed by atoms with Gasteiger partial charge in [-0.2, -0.15) is 0 Å². The quantitative estimate of drug-likeness (QED) is 0.755. The van der Waals surface area contributed by atoms with Crippen molar-refractivity contribution in [3.8, 4) is 0 Å². The van der Waals surface area contributed by atoms with Crippen LogP contribution in [0.3, 0.4) is 0 Å². The predicted octanol–water partition coefficient (Wildman–Crippen LogP) is 3.80. The molecule has 1 N–H and O–H groups in total. The summed E-state index contributed by atoms with van der Waals surface area (Å²) in [7, 11) is 1.92. The fourth-order valence-electron chi connectivity index (χ4n) is 2.17. The zero-order chi connectivity index (χ0) is 13.4. The van der Waals surface area contributed by atoms with Gasteiger partial charge < -0.3 is 9.88 Å². The molecule has 1 amide bonds. The molecule has 4 heteroatoms. The minimum absolute atomic E-state index is 0.0693. The first kappa shape index (κ1) is 12.0. The summed E-state index contributed by atoms with van der Waals surface area (Å²) in [5, 5.41) is 5.00. The molecule has 0 saturated carbocycles. The van der Waals surface area contributed by atoms with E-state index in [1.165, 1.54) is 0 Å². The lowest BCUT2D eigenvalue weighted by atomic mass is 10.2. The number of thiophene rings is 1. The van der Waals surface area contributed by atoms with E-state index < -0.39 is 0 Å². The van der Waals surface area contributed by atoms with Gasteiger partial charge in [0, 0.05) is 12.7 Å². The summed E-state index contributed by atoms with van der Waals surface area (Å²) in [5.74, 6) is -0.0693. The number of carbonyl (C=O) groups excluding carboxylic acids is 1. The van der Waals surface area contributed by atoms with Gasteiger partial charge in [-0.3, -0.25) is 4.79 Å². The highest BCUT2D eigenvalue weighted by molar-refractivity contribution is 7.17. The summed E-state index contributed by atoms with van der Waals surface area (Å²) >= 11 is 1.65. The van der Waals surface area contributed by atoms with Gasteiger partial charge in [0.25, 0.3) is 5.91 Å². The van der Waals surface area contributed by atoms with E-state index in [0.29, 0.717) is 5.69 Å². The first-order chi connectivity index (χ1) is 9.16. The van der Waals surface area contributed by atoms with Crippen LogP contribution < -0.4 is 5.32 Å². The highest BCUT2D eigenvalue weighted by Crippen LogP contribution is 2.25. The number of carbonyl (C=O) groups is 1. The zero-order valence-corrected chi connectivity index (χ0v) is 11.6. The van der Waals surface area contributed by atoms with Crippen molar-refractivity contribution in [3.63, 3.8) is 0 Å². The number of rotatable bonds is 2. The lowest BCUT2D eigenvalue weighted by Crippen LogP contribution is -2.16. The van der Waals surface area contributed by atoms with E-state index in [4.69, 9.17) is 0 Å². The average molecular weight is 270 g/mol. The van der Waals surface area contributed by atoms with Crippen molar-refractivity contribution in [2.24, 2.45) is 7.05 Å². The second-order valence-corrected chi connectivity index (χ2v) is 5.48. The Morgan fingerprint density at radius 2 is 2.05 bits per heavy atom. The molecule has 0 unspecified atom stereocenters. The third-order valence-corrected chi connectivity index (χ3v) is 4.14. The maximum atomic E-state index is 12.3. The second-order valence-electron chi connectivity index (χ2n) is 4.53. The Labute approximate surface area is 115 Å². The Balaban J connectivity index is 1.94. The molecule has 2 aromatic heterocycles. The van der Waals surface area contributed by atoms with Crippen LogP contribution in [-0.2, 0) is 7.05 Å². The number of benzene rings is 1. The highest BCUT2D eigenvalue weighted by atomic mass is 32.1. The Hall–Kier alpha value is -2.07. The van der Waals surface area contributed by atoms with Crippen LogP contribution in [0.5, 0.6) is 0 Å². The van der Waals surface area contributed by atoms with Gasteiger partial charge in [0.2, 0.25) is 0 Å². The van der Waals surface area contributed by atoms with Crippen molar-refractivity contribution in [1.82, 2.24) is 4.57 Å². The molecule has 0 aliphatic rings. The van der Waals surface area contributed by atoms with E-state index in [-0.39, 0.29) is 5.91 Å². The molecule has 0 radical (unpaired) electrons. The zero-order valence-electron chi connectivity index (χ0n) is 10.8. The Bertz CT molecular complexity index is 754. The fourth-order valence-corrected chi connectivity index (χ4v) is 3.02. The van der Waals surface area contributed by atoms with Gasteiger partial charge in [-0.05, 0) is 36.1 Å². The molecule has 0 aliphatic heterocycles. The molecule has 1 aromatic carbocycles. The van der Waals surface area contributed by atoms with E-state index in [1.54, 1.807) is 11.3 Å². The fraction of sp³-hybridized carbons (Fsp3) is 0.133. The molecule has 3 aromatic rings. The molecule has 0 bridgehead atoms. The van der Waals surface area contributed by atoms with Crippen LogP contribution in [-0.4, -0.2) is 10.5 Å². The lowest BCUT2D eigenvalue weighted by molar-refractivity contribution is 0.101. The number of fused-ring (bicyclic) bond motifs is 1. The molecule has 2 heterocycles. The maximum absolute atomic E-state index is 12.3. The highest BCUT2D eigenvalue weighted by Gasteiger charge is 2.14. The summed E-state index contributed by atoms with van der Waals surface area (Å²) in [4.78, 5) is 12.3. The molecule has 3 rings (SSSR count). The summed E-state index contributed by atoms with van der Waals surface area (Å²) in [6.07, 6.45) is 0. The molecular formula is C15H14N2OS. The molecule has 3 nitrogen and oxygen atoms in total. The second kappa shape index (κ2) is 4.55. The number of nitrogens with zero attached hydrogens (tertiary/aromatic N) is 1. The van der Waals surface area contributed by atoms with E-state index in [2.05, 4.69) is 5.32 Å². The van der Waals surface area contributed by atoms with Gasteiger partial charge in [-0.15, -0.1) is 11.3 Å². The van der Waals surface area contributed by atoms with E-state index >= 15 is 0 Å². The summed E-state index contributed by atoms with van der Waals surface area (Å²) in [6.45, 7) is 1.99. The monoisotopic (exact) mass is 270 g/mol. The molecular weight excluding hydrogens is 256 g/mol. The number of nitrogens with one attached hydrogen (secondary N) is 1. The Morgan fingerprint density at radius 1 is 1.26 bits per heavy atom. The van der Waals surface area contributed by atoms with E-state index in [1.807, 2.05) is 60.3 Å². The van der Waals surface area contributed by atoms with Crippen LogP contribution in [0.15, 0.2) is 41.8 Å². The number of hydrogen-bond donors (Lipinski definition) is 1. The van der Waals surface area contributed by atoms with E-state index in [0.717, 1.165) is 21.5 Å². The SMILES string of the molecule is Cc1ccccc1NC(=O)c1cc2sccc2n1C. The van der Waals surface area contributed by atoms with Crippen LogP contribution in [0.2, 0.25) is 0 Å². The maximum Gasteiger partial charge on any atom is 0.272 e. The Morgan fingerprint density at radius 3 is 2.79 bits per heavy atom. The van der Waals surface area contributed by atoms with Gasteiger partial charge in [0.05, 0.1) is 10.2 Å². The predicted molar refractivity (Wildman–Crippen MR) is 79.9 cm³/mol. The first-order valence-electron chi connectivity index (χ1n) is 6.07. The van der Waals surface area contributed by atoms with Crippen molar-refractivity contribution in [2.45, 2.75) is 6.92 Å². The topological polar surface area (TPSA) is 34.0 Å². The van der Waals surface area contributed by atoms with Crippen LogP contribution in [0.1, 0.15) is 16.1 Å². The summed E-state index contributed by atoms with van der Waals surface area (Å²) in [5.41, 5.74) is 3.70. The van der Waals surface area contributed by atoms with Gasteiger partial charge in [0.15, 0.2) is 0 Å². The van der Waals surface area contributed by atoms with Crippen molar-refractivity contribution in [1.29, 1.82) is 0 Å². The minimum atomic E-state index is -0.0693. The minimum Gasteiger partial charge on any atom is -0.339 e. The Kier molecular flexibility index (Phi) is 2.87. The van der Waals surface area contributed by atoms with Crippen molar-refractivity contribution >= 4 is 33.1 Å². The smallest absolute Gasteiger partial charge is 0.272 e. The number of aryl methyl sites for hydroxylation is 2. The molecule has 0 atom stereocenters. The van der Waals surface area contributed by atoms with Crippen LogP contribution in [0, 0.1) is 6.92 Å². The van der Waals surface area contributed by atoms with Crippen molar-refractivity contribution in [3.05, 3.63) is 53.0 Å². The lowest BCUT2D eigenvalue weighted by Gasteiger charge is -2.08. The van der Waals surface area contributed by atoms with E-state index in [9.17, 15) is 4.79 Å². The standard InChI is InChI=1S/C15H14N2OS/c1-10-5-3-4-6-11(10)16-15(18)13-9-14-12(17(13)2)7-8-19-14/h3-9H,1-2H3,(H,16,18). The average Bonchev–Trinajstić information content (AvgIpc) is 2.96. The number of amides is 1. The molecule has 0 aliphatic carbocycles. The molecule has 0 saturated heterocycles. The molecule has 0 spiro atoms. The number of aromatic nitrogens is 1. The number of anilines is 1. The van der Waals surface area contributed by atoms with Crippen LogP contribution >= 0.6 is 11.3 Å². The number of para-hydroxylation sites is 1. The normalized spacial score (nSPS) is 10.8. The molecule has 96 valence electrons. The third kappa shape index (κ3) is 2.04. The number of hydrogen-bond acceptors (Lipinski definition) is 2. The van der Waals surface area contributed by atoms with Gasteiger partial charge in [-0.25, -0.2) is 0 Å². The summed E-state index contributed by atoms with van der Waals surface area (Å²) < 4.78 is 3.07. The van der Waals surface area contributed by atoms with Crippen LogP contribution in [0.25, 0.3) is 10.2 Å². The molecule has 0 fully saturated rings. The first-order valence-corrected chi connectivity index (χ1v) is 6.94. The largest absolute Gasteiger partial charge is 0.339 e. The summed E-state index contributed by atoms with van der Waals surface area (Å²) in [6, 6.07) is 11.8. The third-order valence-electron chi connectivity index (χ3n) is 3.29. The van der Waals surface area contributed by atoms with Gasteiger partial charge >= 0.3 is 0 Å². The van der Waals surface area contributed by atoms with Gasteiger partial charge in [-0.1, -0.05) is 18.2 Å². The van der Waals surface area contributed by atoms with Gasteiger partial charge in [0.1, 0.15) is 5.69 Å². The van der Waals surface area contributed by atoms with Crippen molar-refractivity contribution < 1.29 is 4.79 Å². The van der Waals surface area contributed by atoms with Crippen molar-refractivity contribution in [2.75, 3.05) is 5.32 Å².